The van der Waals surface area contributed by atoms with Crippen molar-refractivity contribution in [2.75, 3.05) is 5.75 Å². The molecule has 1 aliphatic rings. The van der Waals surface area contributed by atoms with E-state index in [0.29, 0.717) is 5.25 Å². The van der Waals surface area contributed by atoms with Gasteiger partial charge in [0.15, 0.2) is 0 Å². The number of nitrogens with two attached hydrogens (primary N) is 1. The average molecular weight is 239 g/mol. The van der Waals surface area contributed by atoms with Crippen LogP contribution in [0.4, 0.5) is 4.39 Å². The highest BCUT2D eigenvalue weighted by Gasteiger charge is 2.22. The van der Waals surface area contributed by atoms with Gasteiger partial charge in [-0.3, -0.25) is 0 Å². The minimum absolute atomic E-state index is 0.0281. The molecule has 0 spiro atoms. The van der Waals surface area contributed by atoms with Gasteiger partial charge in [0, 0.05) is 11.3 Å². The van der Waals surface area contributed by atoms with Crippen molar-refractivity contribution in [3.05, 3.63) is 35.1 Å². The van der Waals surface area contributed by atoms with Crippen LogP contribution in [0, 0.1) is 12.7 Å². The van der Waals surface area contributed by atoms with Crippen LogP contribution in [0.15, 0.2) is 18.2 Å². The number of hydrogen-bond acceptors (Lipinski definition) is 2. The Morgan fingerprint density at radius 2 is 2.19 bits per heavy atom. The van der Waals surface area contributed by atoms with E-state index in [2.05, 4.69) is 0 Å². The summed E-state index contributed by atoms with van der Waals surface area (Å²) in [5.41, 5.74) is 8.11. The van der Waals surface area contributed by atoms with Gasteiger partial charge >= 0.3 is 0 Å². The largest absolute Gasteiger partial charge is 0.323 e. The quantitative estimate of drug-likeness (QED) is 0.855. The van der Waals surface area contributed by atoms with Gasteiger partial charge in [-0.2, -0.15) is 11.8 Å². The molecule has 3 heteroatoms. The van der Waals surface area contributed by atoms with Gasteiger partial charge in [-0.05, 0) is 48.8 Å². The zero-order valence-corrected chi connectivity index (χ0v) is 10.4. The minimum atomic E-state index is -0.175. The summed E-state index contributed by atoms with van der Waals surface area (Å²) >= 11 is 1.93. The molecule has 1 nitrogen and oxygen atoms in total. The average Bonchev–Trinajstić information content (AvgIpc) is 2.28. The van der Waals surface area contributed by atoms with Crippen molar-refractivity contribution >= 4 is 11.8 Å². The molecular formula is C13H18FNS. The van der Waals surface area contributed by atoms with Crippen molar-refractivity contribution in [2.24, 2.45) is 5.73 Å². The number of rotatable bonds is 2. The molecule has 2 atom stereocenters. The summed E-state index contributed by atoms with van der Waals surface area (Å²) < 4.78 is 13.3. The second-order valence-corrected chi connectivity index (χ2v) is 5.84. The molecule has 1 aromatic carbocycles. The topological polar surface area (TPSA) is 26.0 Å². The predicted octanol–water partition coefficient (Wildman–Crippen LogP) is 3.42. The van der Waals surface area contributed by atoms with E-state index >= 15 is 0 Å². The van der Waals surface area contributed by atoms with E-state index in [1.54, 1.807) is 12.1 Å². The maximum Gasteiger partial charge on any atom is 0.123 e. The number of aryl methyl sites for hydroxylation is 1. The Labute approximate surface area is 101 Å². The zero-order chi connectivity index (χ0) is 11.5. The van der Waals surface area contributed by atoms with Gasteiger partial charge in [0.25, 0.3) is 0 Å². The van der Waals surface area contributed by atoms with E-state index < -0.39 is 0 Å². The van der Waals surface area contributed by atoms with Crippen molar-refractivity contribution < 1.29 is 4.39 Å². The fourth-order valence-corrected chi connectivity index (χ4v) is 3.59. The van der Waals surface area contributed by atoms with Crippen molar-refractivity contribution in [3.8, 4) is 0 Å². The molecule has 1 fully saturated rings. The maximum atomic E-state index is 13.3. The van der Waals surface area contributed by atoms with Crippen molar-refractivity contribution in [1.82, 2.24) is 0 Å². The summed E-state index contributed by atoms with van der Waals surface area (Å²) in [6.07, 6.45) is 3.69. The van der Waals surface area contributed by atoms with Crippen LogP contribution >= 0.6 is 11.8 Å². The van der Waals surface area contributed by atoms with Crippen LogP contribution in [0.3, 0.4) is 0 Å². The number of hydrogen-bond donors (Lipinski definition) is 1. The SMILES string of the molecule is Cc1cc(F)cc(C(N)C2CCCCS2)c1. The normalized spacial score (nSPS) is 23.1. The Hall–Kier alpha value is -0.540. The molecule has 2 unspecified atom stereocenters. The van der Waals surface area contributed by atoms with Gasteiger partial charge in [0.2, 0.25) is 0 Å². The molecule has 88 valence electrons. The molecule has 0 aliphatic carbocycles. The van der Waals surface area contributed by atoms with Crippen LogP contribution in [0.25, 0.3) is 0 Å². The van der Waals surface area contributed by atoms with Crippen molar-refractivity contribution in [3.63, 3.8) is 0 Å². The first-order chi connectivity index (χ1) is 7.66. The first-order valence-electron chi connectivity index (χ1n) is 5.81. The van der Waals surface area contributed by atoms with E-state index in [0.717, 1.165) is 17.5 Å². The zero-order valence-electron chi connectivity index (χ0n) is 9.58. The molecule has 1 heterocycles. The Morgan fingerprint density at radius 3 is 2.81 bits per heavy atom. The van der Waals surface area contributed by atoms with E-state index in [4.69, 9.17) is 5.73 Å². The molecular weight excluding hydrogens is 221 g/mol. The van der Waals surface area contributed by atoms with Gasteiger partial charge in [-0.15, -0.1) is 0 Å². The van der Waals surface area contributed by atoms with Crippen LogP contribution in [0.1, 0.15) is 36.4 Å². The highest BCUT2D eigenvalue weighted by molar-refractivity contribution is 8.00. The summed E-state index contributed by atoms with van der Waals surface area (Å²) in [6.45, 7) is 1.91. The van der Waals surface area contributed by atoms with Crippen molar-refractivity contribution in [1.29, 1.82) is 0 Å². The Bertz CT molecular complexity index is 341. The van der Waals surface area contributed by atoms with Crippen LogP contribution in [-0.4, -0.2) is 11.0 Å². The lowest BCUT2D eigenvalue weighted by molar-refractivity contribution is 0.573. The lowest BCUT2D eigenvalue weighted by atomic mass is 9.99. The third-order valence-electron chi connectivity index (χ3n) is 3.06. The lowest BCUT2D eigenvalue weighted by Crippen LogP contribution is -2.26. The van der Waals surface area contributed by atoms with Crippen LogP contribution in [0.5, 0.6) is 0 Å². The molecule has 1 aromatic rings. The third-order valence-corrected chi connectivity index (χ3v) is 4.55. The van der Waals surface area contributed by atoms with E-state index in [9.17, 15) is 4.39 Å². The highest BCUT2D eigenvalue weighted by Crippen LogP contribution is 2.33. The fraction of sp³-hybridized carbons (Fsp3) is 0.538. The predicted molar refractivity (Wildman–Crippen MR) is 68.2 cm³/mol. The fourth-order valence-electron chi connectivity index (χ4n) is 2.22. The first kappa shape index (κ1) is 11.9. The summed E-state index contributed by atoms with van der Waals surface area (Å²) in [4.78, 5) is 0. The molecule has 2 rings (SSSR count). The van der Waals surface area contributed by atoms with Crippen molar-refractivity contribution in [2.45, 2.75) is 37.5 Å². The number of halogens is 1. The summed E-state index contributed by atoms with van der Waals surface area (Å²) in [7, 11) is 0. The maximum absolute atomic E-state index is 13.3. The standard InChI is InChI=1S/C13H18FNS/c1-9-6-10(8-11(14)7-9)13(15)12-4-2-3-5-16-12/h6-8,12-13H,2-5,15H2,1H3. The van der Waals surface area contributed by atoms with E-state index in [-0.39, 0.29) is 11.9 Å². The molecule has 0 bridgehead atoms. The van der Waals surface area contributed by atoms with Gasteiger partial charge in [0.05, 0.1) is 0 Å². The summed E-state index contributed by atoms with van der Waals surface area (Å²) in [6, 6.07) is 5.10. The summed E-state index contributed by atoms with van der Waals surface area (Å²) in [5.74, 6) is 1.01. The molecule has 0 saturated carbocycles. The number of thioether (sulfide) groups is 1. The monoisotopic (exact) mass is 239 g/mol. The molecule has 2 N–H and O–H groups in total. The third kappa shape index (κ3) is 2.77. The van der Waals surface area contributed by atoms with Crippen LogP contribution < -0.4 is 5.73 Å². The smallest absolute Gasteiger partial charge is 0.123 e. The van der Waals surface area contributed by atoms with Gasteiger partial charge in [0.1, 0.15) is 5.82 Å². The summed E-state index contributed by atoms with van der Waals surface area (Å²) in [5, 5.41) is 0.454. The van der Waals surface area contributed by atoms with Crippen LogP contribution in [0.2, 0.25) is 0 Å². The van der Waals surface area contributed by atoms with Gasteiger partial charge < -0.3 is 5.73 Å². The number of benzene rings is 1. The lowest BCUT2D eigenvalue weighted by Gasteiger charge is -2.27. The minimum Gasteiger partial charge on any atom is -0.323 e. The Morgan fingerprint density at radius 1 is 1.38 bits per heavy atom. The van der Waals surface area contributed by atoms with E-state index in [1.807, 2.05) is 24.8 Å². The molecule has 0 radical (unpaired) electrons. The molecule has 0 aromatic heterocycles. The second kappa shape index (κ2) is 5.19. The molecule has 0 amide bonds. The molecule has 1 saturated heterocycles. The first-order valence-corrected chi connectivity index (χ1v) is 6.86. The van der Waals surface area contributed by atoms with Gasteiger partial charge in [-0.1, -0.05) is 12.5 Å². The van der Waals surface area contributed by atoms with Gasteiger partial charge in [-0.25, -0.2) is 4.39 Å². The second-order valence-electron chi connectivity index (χ2n) is 4.49. The Kier molecular flexibility index (Phi) is 3.87. The van der Waals surface area contributed by atoms with Crippen LogP contribution in [-0.2, 0) is 0 Å². The molecule has 16 heavy (non-hydrogen) atoms. The molecule has 1 aliphatic heterocycles. The Balaban J connectivity index is 2.15. The van der Waals surface area contributed by atoms with E-state index in [1.165, 1.54) is 18.6 Å². The highest BCUT2D eigenvalue weighted by atomic mass is 32.2.